The second kappa shape index (κ2) is 3.30. The molecule has 0 spiro atoms. The highest BCUT2D eigenvalue weighted by Gasteiger charge is 2.33. The maximum Gasteiger partial charge on any atom is 0.417 e. The highest BCUT2D eigenvalue weighted by molar-refractivity contribution is 5.94. The standard InChI is InChI=1S/C11H8F3NO/c12-11(13,14)8-3-1-2-6-4-7(15)5-9(16)10(6)8/h1-5,16H,15H2. The van der Waals surface area contributed by atoms with Crippen LogP contribution in [0.4, 0.5) is 18.9 Å². The number of alkyl halides is 3. The summed E-state index contributed by atoms with van der Waals surface area (Å²) in [7, 11) is 0. The SMILES string of the molecule is Nc1cc(O)c2c(C(F)(F)F)cccc2c1. The number of halogens is 3. The molecule has 0 aliphatic heterocycles. The number of hydrogen-bond donors (Lipinski definition) is 2. The molecule has 16 heavy (non-hydrogen) atoms. The molecular formula is C11H8F3NO. The van der Waals surface area contributed by atoms with Crippen molar-refractivity contribution in [3.63, 3.8) is 0 Å². The molecule has 84 valence electrons. The van der Waals surface area contributed by atoms with E-state index in [2.05, 4.69) is 0 Å². The minimum absolute atomic E-state index is 0.218. The number of anilines is 1. The van der Waals surface area contributed by atoms with Crippen molar-refractivity contribution in [3.8, 4) is 5.75 Å². The third-order valence-corrected chi connectivity index (χ3v) is 2.28. The van der Waals surface area contributed by atoms with Gasteiger partial charge >= 0.3 is 6.18 Å². The molecule has 2 rings (SSSR count). The molecule has 0 radical (unpaired) electrons. The van der Waals surface area contributed by atoms with E-state index in [0.717, 1.165) is 12.1 Å². The molecule has 0 aromatic heterocycles. The Morgan fingerprint density at radius 1 is 1.12 bits per heavy atom. The first-order valence-electron chi connectivity index (χ1n) is 4.48. The molecule has 0 unspecified atom stereocenters. The molecule has 0 atom stereocenters. The monoisotopic (exact) mass is 227 g/mol. The summed E-state index contributed by atoms with van der Waals surface area (Å²) < 4.78 is 38.0. The van der Waals surface area contributed by atoms with Gasteiger partial charge in [0.15, 0.2) is 0 Å². The number of hydrogen-bond acceptors (Lipinski definition) is 2. The first kappa shape index (κ1) is 10.6. The van der Waals surface area contributed by atoms with Crippen LogP contribution in [0.3, 0.4) is 0 Å². The van der Waals surface area contributed by atoms with Gasteiger partial charge in [-0.2, -0.15) is 13.2 Å². The Hall–Kier alpha value is -1.91. The Bertz CT molecular complexity index is 549. The number of benzene rings is 2. The quantitative estimate of drug-likeness (QED) is 0.679. The van der Waals surface area contributed by atoms with Gasteiger partial charge in [-0.1, -0.05) is 12.1 Å². The smallest absolute Gasteiger partial charge is 0.417 e. The van der Waals surface area contributed by atoms with Crippen molar-refractivity contribution in [1.29, 1.82) is 0 Å². The van der Waals surface area contributed by atoms with E-state index in [1.54, 1.807) is 0 Å². The van der Waals surface area contributed by atoms with Gasteiger partial charge in [0.05, 0.1) is 5.56 Å². The summed E-state index contributed by atoms with van der Waals surface area (Å²) in [6, 6.07) is 6.19. The average molecular weight is 227 g/mol. The summed E-state index contributed by atoms with van der Waals surface area (Å²) in [6.07, 6.45) is -4.49. The Balaban J connectivity index is 2.87. The van der Waals surface area contributed by atoms with Crippen molar-refractivity contribution in [2.75, 3.05) is 5.73 Å². The zero-order chi connectivity index (χ0) is 11.9. The summed E-state index contributed by atoms with van der Waals surface area (Å²) in [6.45, 7) is 0. The first-order chi connectivity index (χ1) is 7.39. The van der Waals surface area contributed by atoms with E-state index < -0.39 is 17.5 Å². The third-order valence-electron chi connectivity index (χ3n) is 2.28. The number of phenolic OH excluding ortho intramolecular Hbond substituents is 1. The minimum Gasteiger partial charge on any atom is -0.507 e. The van der Waals surface area contributed by atoms with Crippen molar-refractivity contribution in [3.05, 3.63) is 35.9 Å². The van der Waals surface area contributed by atoms with Gasteiger partial charge in [0, 0.05) is 17.1 Å². The fraction of sp³-hybridized carbons (Fsp3) is 0.0909. The molecule has 0 saturated carbocycles. The van der Waals surface area contributed by atoms with Crippen LogP contribution in [-0.2, 0) is 6.18 Å². The molecule has 0 saturated heterocycles. The van der Waals surface area contributed by atoms with E-state index in [9.17, 15) is 18.3 Å². The van der Waals surface area contributed by atoms with E-state index in [1.807, 2.05) is 0 Å². The normalized spacial score (nSPS) is 11.9. The molecule has 0 heterocycles. The molecule has 2 nitrogen and oxygen atoms in total. The Morgan fingerprint density at radius 2 is 1.81 bits per heavy atom. The van der Waals surface area contributed by atoms with Crippen LogP contribution in [0.15, 0.2) is 30.3 Å². The number of aromatic hydroxyl groups is 1. The zero-order valence-electron chi connectivity index (χ0n) is 8.05. The van der Waals surface area contributed by atoms with Crippen molar-refractivity contribution < 1.29 is 18.3 Å². The maximum atomic E-state index is 12.7. The van der Waals surface area contributed by atoms with Crippen molar-refractivity contribution >= 4 is 16.5 Å². The van der Waals surface area contributed by atoms with E-state index >= 15 is 0 Å². The lowest BCUT2D eigenvalue weighted by Gasteiger charge is -2.11. The second-order valence-electron chi connectivity index (χ2n) is 3.44. The molecule has 2 aromatic carbocycles. The Kier molecular flexibility index (Phi) is 2.18. The number of fused-ring (bicyclic) bond motifs is 1. The van der Waals surface area contributed by atoms with E-state index in [1.165, 1.54) is 18.2 Å². The van der Waals surface area contributed by atoms with Gasteiger partial charge in [0.1, 0.15) is 5.75 Å². The largest absolute Gasteiger partial charge is 0.507 e. The molecule has 0 aliphatic rings. The van der Waals surface area contributed by atoms with Crippen molar-refractivity contribution in [2.45, 2.75) is 6.18 Å². The molecular weight excluding hydrogens is 219 g/mol. The lowest BCUT2D eigenvalue weighted by atomic mass is 10.0. The molecule has 2 aromatic rings. The zero-order valence-corrected chi connectivity index (χ0v) is 8.05. The predicted octanol–water partition coefficient (Wildman–Crippen LogP) is 3.15. The van der Waals surface area contributed by atoms with Crippen LogP contribution in [0.1, 0.15) is 5.56 Å². The van der Waals surface area contributed by atoms with Crippen molar-refractivity contribution in [2.24, 2.45) is 0 Å². The van der Waals surface area contributed by atoms with Crippen LogP contribution in [0.2, 0.25) is 0 Å². The highest BCUT2D eigenvalue weighted by atomic mass is 19.4. The van der Waals surface area contributed by atoms with Gasteiger partial charge < -0.3 is 10.8 Å². The summed E-state index contributed by atoms with van der Waals surface area (Å²) >= 11 is 0. The van der Waals surface area contributed by atoms with Crippen LogP contribution >= 0.6 is 0 Å². The number of rotatable bonds is 0. The minimum atomic E-state index is -4.49. The van der Waals surface area contributed by atoms with Gasteiger partial charge in [0.2, 0.25) is 0 Å². The summed E-state index contributed by atoms with van der Waals surface area (Å²) in [4.78, 5) is 0. The number of phenols is 1. The van der Waals surface area contributed by atoms with Crippen LogP contribution in [0.25, 0.3) is 10.8 Å². The van der Waals surface area contributed by atoms with Gasteiger partial charge in [-0.05, 0) is 17.5 Å². The first-order valence-corrected chi connectivity index (χ1v) is 4.48. The summed E-state index contributed by atoms with van der Waals surface area (Å²) in [5, 5.41) is 9.57. The topological polar surface area (TPSA) is 46.2 Å². The van der Waals surface area contributed by atoms with Crippen molar-refractivity contribution in [1.82, 2.24) is 0 Å². The Labute approximate surface area is 89.1 Å². The molecule has 3 N–H and O–H groups in total. The van der Waals surface area contributed by atoms with E-state index in [0.29, 0.717) is 0 Å². The van der Waals surface area contributed by atoms with Crippen LogP contribution in [-0.4, -0.2) is 5.11 Å². The van der Waals surface area contributed by atoms with E-state index in [-0.39, 0.29) is 16.5 Å². The molecule has 5 heteroatoms. The second-order valence-corrected chi connectivity index (χ2v) is 3.44. The number of nitrogen functional groups attached to an aromatic ring is 1. The average Bonchev–Trinajstić information content (AvgIpc) is 2.14. The van der Waals surface area contributed by atoms with Gasteiger partial charge in [-0.3, -0.25) is 0 Å². The molecule has 0 bridgehead atoms. The molecule has 0 amide bonds. The van der Waals surface area contributed by atoms with Gasteiger partial charge in [-0.15, -0.1) is 0 Å². The highest BCUT2D eigenvalue weighted by Crippen LogP contribution is 2.39. The molecule has 0 fully saturated rings. The van der Waals surface area contributed by atoms with Crippen LogP contribution < -0.4 is 5.73 Å². The lowest BCUT2D eigenvalue weighted by molar-refractivity contribution is -0.136. The summed E-state index contributed by atoms with van der Waals surface area (Å²) in [5.41, 5.74) is 4.81. The summed E-state index contributed by atoms with van der Waals surface area (Å²) in [5.74, 6) is -0.456. The molecule has 0 aliphatic carbocycles. The fourth-order valence-electron chi connectivity index (χ4n) is 1.66. The van der Waals surface area contributed by atoms with Gasteiger partial charge in [0.25, 0.3) is 0 Å². The maximum absolute atomic E-state index is 12.7. The fourth-order valence-corrected chi connectivity index (χ4v) is 1.66. The van der Waals surface area contributed by atoms with Crippen LogP contribution in [0.5, 0.6) is 5.75 Å². The lowest BCUT2D eigenvalue weighted by Crippen LogP contribution is -2.05. The number of nitrogens with two attached hydrogens (primary N) is 1. The third kappa shape index (κ3) is 1.64. The predicted molar refractivity (Wildman–Crippen MR) is 55.0 cm³/mol. The Morgan fingerprint density at radius 3 is 2.44 bits per heavy atom. The van der Waals surface area contributed by atoms with E-state index in [4.69, 9.17) is 5.73 Å². The van der Waals surface area contributed by atoms with Gasteiger partial charge in [-0.25, -0.2) is 0 Å². The van der Waals surface area contributed by atoms with Crippen LogP contribution in [0, 0.1) is 0 Å².